The number of halogens is 3. The summed E-state index contributed by atoms with van der Waals surface area (Å²) in [6.07, 6.45) is 1.91. The Balaban J connectivity index is 0.00000220. The number of hydrogen-bond donors (Lipinski definition) is 1. The molecule has 0 saturated carbocycles. The van der Waals surface area contributed by atoms with Gasteiger partial charge < -0.3 is 10.2 Å². The van der Waals surface area contributed by atoms with Gasteiger partial charge in [0.05, 0.1) is 5.75 Å². The van der Waals surface area contributed by atoms with Crippen molar-refractivity contribution in [2.24, 2.45) is 0 Å². The van der Waals surface area contributed by atoms with Crippen molar-refractivity contribution in [3.63, 3.8) is 0 Å². The van der Waals surface area contributed by atoms with Crippen LogP contribution in [0, 0.1) is 11.6 Å². The number of amides is 1. The van der Waals surface area contributed by atoms with Crippen LogP contribution in [0.5, 0.6) is 0 Å². The molecule has 118 valence electrons. The molecular weight excluding hydrogens is 318 g/mol. The maximum Gasteiger partial charge on any atom is 0.232 e. The van der Waals surface area contributed by atoms with Crippen molar-refractivity contribution < 1.29 is 13.6 Å². The average Bonchev–Trinajstić information content (AvgIpc) is 2.48. The molecule has 1 aromatic carbocycles. The third kappa shape index (κ3) is 5.13. The minimum Gasteiger partial charge on any atom is -0.342 e. The summed E-state index contributed by atoms with van der Waals surface area (Å²) in [6, 6.07) is 3.96. The molecule has 2 rings (SSSR count). The summed E-state index contributed by atoms with van der Waals surface area (Å²) in [4.78, 5) is 14.4. The van der Waals surface area contributed by atoms with Gasteiger partial charge in [-0.1, -0.05) is 0 Å². The first-order valence-electron chi connectivity index (χ1n) is 6.62. The maximum absolute atomic E-state index is 13.1. The van der Waals surface area contributed by atoms with Crippen LogP contribution in [0.15, 0.2) is 23.1 Å². The lowest BCUT2D eigenvalue weighted by molar-refractivity contribution is -0.129. The molecular formula is C14H19ClF2N2OS. The van der Waals surface area contributed by atoms with Crippen molar-refractivity contribution in [2.45, 2.75) is 23.8 Å². The number of thioether (sulfide) groups is 1. The summed E-state index contributed by atoms with van der Waals surface area (Å²) in [6.45, 7) is 1.86. The summed E-state index contributed by atoms with van der Waals surface area (Å²) in [5, 5.41) is 3.26. The van der Waals surface area contributed by atoms with Crippen molar-refractivity contribution in [1.29, 1.82) is 0 Å². The van der Waals surface area contributed by atoms with Gasteiger partial charge in [-0.05, 0) is 44.1 Å². The number of carbonyl (C=O) groups is 1. The standard InChI is InChI=1S/C14H18F2N2OS.ClH/c1-18(10-4-6-17-7-5-10)14(19)9-20-11-2-3-12(15)13(16)8-11;/h2-3,8,10,17H,4-7,9H2,1H3;1H. The number of carbonyl (C=O) groups excluding carboxylic acids is 1. The van der Waals surface area contributed by atoms with Crippen LogP contribution in [0.25, 0.3) is 0 Å². The fourth-order valence-corrected chi connectivity index (χ4v) is 3.06. The average molecular weight is 337 g/mol. The summed E-state index contributed by atoms with van der Waals surface area (Å²) >= 11 is 1.23. The highest BCUT2D eigenvalue weighted by atomic mass is 35.5. The second kappa shape index (κ2) is 8.56. The third-order valence-corrected chi connectivity index (χ3v) is 4.48. The molecule has 0 aliphatic carbocycles. The molecule has 1 N–H and O–H groups in total. The maximum atomic E-state index is 13.1. The van der Waals surface area contributed by atoms with Gasteiger partial charge in [0, 0.05) is 18.0 Å². The van der Waals surface area contributed by atoms with Gasteiger partial charge in [0.15, 0.2) is 11.6 Å². The molecule has 3 nitrogen and oxygen atoms in total. The third-order valence-electron chi connectivity index (χ3n) is 3.50. The molecule has 0 unspecified atom stereocenters. The zero-order valence-corrected chi connectivity index (χ0v) is 13.4. The molecule has 1 aliphatic rings. The fraction of sp³-hybridized carbons (Fsp3) is 0.500. The first-order valence-corrected chi connectivity index (χ1v) is 7.60. The van der Waals surface area contributed by atoms with Gasteiger partial charge >= 0.3 is 0 Å². The zero-order chi connectivity index (χ0) is 14.5. The summed E-state index contributed by atoms with van der Waals surface area (Å²) < 4.78 is 25.9. The van der Waals surface area contributed by atoms with Gasteiger partial charge in [-0.15, -0.1) is 24.2 Å². The quantitative estimate of drug-likeness (QED) is 0.858. The van der Waals surface area contributed by atoms with E-state index < -0.39 is 11.6 Å². The van der Waals surface area contributed by atoms with Crippen LogP contribution in [0.1, 0.15) is 12.8 Å². The Bertz CT molecular complexity index is 484. The molecule has 1 fully saturated rings. The lowest BCUT2D eigenvalue weighted by Gasteiger charge is -2.31. The van der Waals surface area contributed by atoms with E-state index in [2.05, 4.69) is 5.32 Å². The van der Waals surface area contributed by atoms with Crippen molar-refractivity contribution in [3.05, 3.63) is 29.8 Å². The normalized spacial score (nSPS) is 15.4. The highest BCUT2D eigenvalue weighted by Gasteiger charge is 2.21. The summed E-state index contributed by atoms with van der Waals surface area (Å²) in [7, 11) is 1.81. The second-order valence-corrected chi connectivity index (χ2v) is 5.90. The van der Waals surface area contributed by atoms with E-state index in [0.29, 0.717) is 4.90 Å². The monoisotopic (exact) mass is 336 g/mol. The lowest BCUT2D eigenvalue weighted by atomic mass is 10.1. The van der Waals surface area contributed by atoms with Crippen LogP contribution in [0.4, 0.5) is 8.78 Å². The number of piperidine rings is 1. The lowest BCUT2D eigenvalue weighted by Crippen LogP contribution is -2.44. The van der Waals surface area contributed by atoms with E-state index in [1.165, 1.54) is 17.8 Å². The fourth-order valence-electron chi connectivity index (χ4n) is 2.21. The Kier molecular flexibility index (Phi) is 7.42. The number of rotatable bonds is 4. The minimum atomic E-state index is -0.880. The first-order chi connectivity index (χ1) is 9.58. The van der Waals surface area contributed by atoms with E-state index in [4.69, 9.17) is 0 Å². The molecule has 0 aromatic heterocycles. The second-order valence-electron chi connectivity index (χ2n) is 4.85. The highest BCUT2D eigenvalue weighted by Crippen LogP contribution is 2.21. The molecule has 1 amide bonds. The minimum absolute atomic E-state index is 0. The molecule has 1 saturated heterocycles. The molecule has 0 radical (unpaired) electrons. The van der Waals surface area contributed by atoms with Gasteiger partial charge in [0.1, 0.15) is 0 Å². The van der Waals surface area contributed by atoms with Gasteiger partial charge in [0.2, 0.25) is 5.91 Å². The van der Waals surface area contributed by atoms with E-state index >= 15 is 0 Å². The summed E-state index contributed by atoms with van der Waals surface area (Å²) in [5.74, 6) is -1.49. The number of benzene rings is 1. The largest absolute Gasteiger partial charge is 0.342 e. The Labute approximate surface area is 133 Å². The zero-order valence-electron chi connectivity index (χ0n) is 11.8. The molecule has 1 heterocycles. The van der Waals surface area contributed by atoms with Crippen LogP contribution in [-0.2, 0) is 4.79 Å². The molecule has 0 bridgehead atoms. The summed E-state index contributed by atoms with van der Waals surface area (Å²) in [5.41, 5.74) is 0. The molecule has 7 heteroatoms. The van der Waals surface area contributed by atoms with Crippen molar-refractivity contribution >= 4 is 30.1 Å². The van der Waals surface area contributed by atoms with E-state index in [9.17, 15) is 13.6 Å². The molecule has 1 aliphatic heterocycles. The van der Waals surface area contributed by atoms with Gasteiger partial charge in [-0.2, -0.15) is 0 Å². The molecule has 0 spiro atoms. The van der Waals surface area contributed by atoms with Crippen LogP contribution >= 0.6 is 24.2 Å². The predicted molar refractivity (Wildman–Crippen MR) is 83.0 cm³/mol. The van der Waals surface area contributed by atoms with Crippen LogP contribution < -0.4 is 5.32 Å². The Hall–Kier alpha value is -0.850. The Morgan fingerprint density at radius 1 is 1.33 bits per heavy atom. The number of nitrogens with one attached hydrogen (secondary N) is 1. The predicted octanol–water partition coefficient (Wildman–Crippen LogP) is 2.69. The number of hydrogen-bond acceptors (Lipinski definition) is 3. The van der Waals surface area contributed by atoms with Crippen molar-refractivity contribution in [1.82, 2.24) is 10.2 Å². The van der Waals surface area contributed by atoms with Gasteiger partial charge in [-0.25, -0.2) is 8.78 Å². The molecule has 21 heavy (non-hydrogen) atoms. The van der Waals surface area contributed by atoms with Crippen LogP contribution in [0.2, 0.25) is 0 Å². The van der Waals surface area contributed by atoms with E-state index in [1.54, 1.807) is 4.90 Å². The van der Waals surface area contributed by atoms with Gasteiger partial charge in [0.25, 0.3) is 0 Å². The van der Waals surface area contributed by atoms with E-state index in [-0.39, 0.29) is 30.1 Å². The molecule has 0 atom stereocenters. The van der Waals surface area contributed by atoms with Crippen molar-refractivity contribution in [2.75, 3.05) is 25.9 Å². The Morgan fingerprint density at radius 2 is 2.00 bits per heavy atom. The SMILES string of the molecule is CN(C(=O)CSc1ccc(F)c(F)c1)C1CCNCC1.Cl. The first kappa shape index (κ1) is 18.2. The van der Waals surface area contributed by atoms with Crippen molar-refractivity contribution in [3.8, 4) is 0 Å². The molecule has 1 aromatic rings. The highest BCUT2D eigenvalue weighted by molar-refractivity contribution is 8.00. The van der Waals surface area contributed by atoms with E-state index in [1.807, 2.05) is 7.05 Å². The Morgan fingerprint density at radius 3 is 2.62 bits per heavy atom. The smallest absolute Gasteiger partial charge is 0.232 e. The number of nitrogens with zero attached hydrogens (tertiary/aromatic N) is 1. The van der Waals surface area contributed by atoms with Crippen LogP contribution in [0.3, 0.4) is 0 Å². The van der Waals surface area contributed by atoms with E-state index in [0.717, 1.165) is 38.1 Å². The topological polar surface area (TPSA) is 32.3 Å². The van der Waals surface area contributed by atoms with Crippen LogP contribution in [-0.4, -0.2) is 42.7 Å². The van der Waals surface area contributed by atoms with Gasteiger partial charge in [-0.3, -0.25) is 4.79 Å².